The summed E-state index contributed by atoms with van der Waals surface area (Å²) in [6.45, 7) is 1.93. The molecule has 0 saturated heterocycles. The van der Waals surface area contributed by atoms with Crippen LogP contribution in [0.15, 0.2) is 28.9 Å². The van der Waals surface area contributed by atoms with E-state index < -0.39 is 0 Å². The fraction of sp³-hybridized carbons (Fsp3) is 0.333. The molecule has 0 amide bonds. The van der Waals surface area contributed by atoms with Gasteiger partial charge in [-0.25, -0.2) is 0 Å². The Morgan fingerprint density at radius 1 is 1.15 bits per heavy atom. The van der Waals surface area contributed by atoms with Gasteiger partial charge in [0.15, 0.2) is 0 Å². The summed E-state index contributed by atoms with van der Waals surface area (Å²) in [5.74, 6) is 2.05. The molecule has 2 rings (SSSR count). The average Bonchev–Trinajstić information content (AvgIpc) is 2.86. The molecule has 4 nitrogen and oxygen atoms in total. The summed E-state index contributed by atoms with van der Waals surface area (Å²) in [5, 5.41) is 3.73. The van der Waals surface area contributed by atoms with Crippen LogP contribution in [0.25, 0.3) is 0 Å². The molecule has 0 fully saturated rings. The summed E-state index contributed by atoms with van der Waals surface area (Å²) in [6, 6.07) is 5.65. The zero-order valence-corrected chi connectivity index (χ0v) is 12.7. The molecule has 0 aliphatic rings. The molecular weight excluding hydrogens is 278 g/mol. The van der Waals surface area contributed by atoms with Crippen LogP contribution in [0.3, 0.4) is 0 Å². The molecule has 20 heavy (non-hydrogen) atoms. The summed E-state index contributed by atoms with van der Waals surface area (Å²) in [4.78, 5) is 0. The standard InChI is InChI=1S/C15H18ClNO3/c1-9-10(7-8-20-9)14(17-2)11-5-6-12(18-3)13(16)15(11)19-4/h5-8,14,17H,1-4H3. The number of hydrogen-bond donors (Lipinski definition) is 1. The fourth-order valence-corrected chi connectivity index (χ4v) is 2.64. The Bertz CT molecular complexity index is 595. The molecule has 1 atom stereocenters. The van der Waals surface area contributed by atoms with E-state index in [1.807, 2.05) is 32.2 Å². The molecule has 5 heteroatoms. The maximum absolute atomic E-state index is 6.32. The molecule has 2 aromatic rings. The first-order chi connectivity index (χ1) is 9.63. The largest absolute Gasteiger partial charge is 0.495 e. The summed E-state index contributed by atoms with van der Waals surface area (Å²) in [5.41, 5.74) is 1.98. The summed E-state index contributed by atoms with van der Waals surface area (Å²) < 4.78 is 16.1. The fourth-order valence-electron chi connectivity index (χ4n) is 2.32. The highest BCUT2D eigenvalue weighted by atomic mass is 35.5. The lowest BCUT2D eigenvalue weighted by atomic mass is 9.98. The third-order valence-corrected chi connectivity index (χ3v) is 3.68. The van der Waals surface area contributed by atoms with E-state index in [-0.39, 0.29) is 6.04 Å². The van der Waals surface area contributed by atoms with Gasteiger partial charge in [-0.05, 0) is 32.2 Å². The van der Waals surface area contributed by atoms with Gasteiger partial charge < -0.3 is 19.2 Å². The van der Waals surface area contributed by atoms with Gasteiger partial charge in [-0.3, -0.25) is 0 Å². The third-order valence-electron chi connectivity index (χ3n) is 3.33. The second-order valence-corrected chi connectivity index (χ2v) is 4.74. The molecule has 0 aliphatic heterocycles. The maximum Gasteiger partial charge on any atom is 0.146 e. The van der Waals surface area contributed by atoms with Crippen molar-refractivity contribution < 1.29 is 13.9 Å². The van der Waals surface area contributed by atoms with E-state index >= 15 is 0 Å². The lowest BCUT2D eigenvalue weighted by molar-refractivity contribution is 0.388. The van der Waals surface area contributed by atoms with Crippen LogP contribution in [-0.4, -0.2) is 21.3 Å². The number of halogens is 1. The molecule has 1 unspecified atom stereocenters. The van der Waals surface area contributed by atoms with Crippen molar-refractivity contribution in [2.24, 2.45) is 0 Å². The Labute approximate surface area is 123 Å². The van der Waals surface area contributed by atoms with Crippen molar-refractivity contribution in [3.05, 3.63) is 46.4 Å². The van der Waals surface area contributed by atoms with Gasteiger partial charge in [-0.15, -0.1) is 0 Å². The quantitative estimate of drug-likeness (QED) is 0.916. The maximum atomic E-state index is 6.32. The highest BCUT2D eigenvalue weighted by Crippen LogP contribution is 2.41. The van der Waals surface area contributed by atoms with Crippen molar-refractivity contribution in [2.75, 3.05) is 21.3 Å². The van der Waals surface area contributed by atoms with Gasteiger partial charge in [0.2, 0.25) is 0 Å². The first-order valence-electron chi connectivity index (χ1n) is 6.25. The van der Waals surface area contributed by atoms with E-state index in [1.165, 1.54) is 0 Å². The van der Waals surface area contributed by atoms with Crippen LogP contribution in [0.5, 0.6) is 11.5 Å². The van der Waals surface area contributed by atoms with Crippen LogP contribution >= 0.6 is 11.6 Å². The van der Waals surface area contributed by atoms with E-state index in [4.69, 9.17) is 25.5 Å². The minimum absolute atomic E-state index is 0.0629. The number of aryl methyl sites for hydroxylation is 1. The molecule has 1 N–H and O–H groups in total. The lowest BCUT2D eigenvalue weighted by Gasteiger charge is -2.20. The third kappa shape index (κ3) is 2.49. The van der Waals surface area contributed by atoms with Crippen LogP contribution in [0.2, 0.25) is 5.02 Å². The SMILES string of the molecule is CNC(c1ccoc1C)c1ccc(OC)c(Cl)c1OC. The van der Waals surface area contributed by atoms with Crippen LogP contribution in [-0.2, 0) is 0 Å². The minimum atomic E-state index is -0.0629. The van der Waals surface area contributed by atoms with E-state index in [0.717, 1.165) is 16.9 Å². The van der Waals surface area contributed by atoms with E-state index in [2.05, 4.69) is 5.32 Å². The molecule has 0 saturated carbocycles. The normalized spacial score (nSPS) is 12.2. The monoisotopic (exact) mass is 295 g/mol. The van der Waals surface area contributed by atoms with Crippen molar-refractivity contribution in [3.63, 3.8) is 0 Å². The van der Waals surface area contributed by atoms with Crippen LogP contribution in [0.1, 0.15) is 22.9 Å². The van der Waals surface area contributed by atoms with Gasteiger partial charge in [-0.2, -0.15) is 0 Å². The number of hydrogen-bond acceptors (Lipinski definition) is 4. The van der Waals surface area contributed by atoms with Gasteiger partial charge in [0.25, 0.3) is 0 Å². The predicted molar refractivity (Wildman–Crippen MR) is 78.9 cm³/mol. The zero-order chi connectivity index (χ0) is 14.7. The summed E-state index contributed by atoms with van der Waals surface area (Å²) in [7, 11) is 5.06. The van der Waals surface area contributed by atoms with Gasteiger partial charge in [0.05, 0.1) is 26.5 Å². The predicted octanol–water partition coefficient (Wildman–Crippen LogP) is 3.57. The Morgan fingerprint density at radius 2 is 1.90 bits per heavy atom. The molecule has 108 valence electrons. The number of furan rings is 1. The van der Waals surface area contributed by atoms with Crippen molar-refractivity contribution in [2.45, 2.75) is 13.0 Å². The molecule has 0 aliphatic carbocycles. The Hall–Kier alpha value is -1.65. The lowest BCUT2D eigenvalue weighted by Crippen LogP contribution is -2.19. The van der Waals surface area contributed by atoms with Gasteiger partial charge >= 0.3 is 0 Å². The molecule has 0 radical (unpaired) electrons. The average molecular weight is 296 g/mol. The van der Waals surface area contributed by atoms with E-state index in [0.29, 0.717) is 16.5 Å². The van der Waals surface area contributed by atoms with Crippen LogP contribution < -0.4 is 14.8 Å². The van der Waals surface area contributed by atoms with E-state index in [1.54, 1.807) is 20.5 Å². The smallest absolute Gasteiger partial charge is 0.146 e. The van der Waals surface area contributed by atoms with E-state index in [9.17, 15) is 0 Å². The number of benzene rings is 1. The summed E-state index contributed by atoms with van der Waals surface area (Å²) in [6.07, 6.45) is 1.67. The molecule has 1 aromatic heterocycles. The first-order valence-corrected chi connectivity index (χ1v) is 6.63. The highest BCUT2D eigenvalue weighted by Gasteiger charge is 2.23. The molecular formula is C15H18ClNO3. The molecule has 0 spiro atoms. The number of rotatable bonds is 5. The number of nitrogens with one attached hydrogen (secondary N) is 1. The Balaban J connectivity index is 2.56. The van der Waals surface area contributed by atoms with Gasteiger partial charge in [0.1, 0.15) is 22.3 Å². The summed E-state index contributed by atoms with van der Waals surface area (Å²) >= 11 is 6.32. The first kappa shape index (κ1) is 14.8. The highest BCUT2D eigenvalue weighted by molar-refractivity contribution is 6.33. The van der Waals surface area contributed by atoms with Crippen molar-refractivity contribution in [1.82, 2.24) is 5.32 Å². The van der Waals surface area contributed by atoms with Crippen LogP contribution in [0.4, 0.5) is 0 Å². The van der Waals surface area contributed by atoms with Crippen molar-refractivity contribution in [1.29, 1.82) is 0 Å². The van der Waals surface area contributed by atoms with Gasteiger partial charge in [0, 0.05) is 11.1 Å². The molecule has 1 aromatic carbocycles. The Kier molecular flexibility index (Phi) is 4.57. The Morgan fingerprint density at radius 3 is 2.40 bits per heavy atom. The molecule has 1 heterocycles. The van der Waals surface area contributed by atoms with Gasteiger partial charge in [-0.1, -0.05) is 11.6 Å². The number of methoxy groups -OCH3 is 2. The number of ether oxygens (including phenoxy) is 2. The second kappa shape index (κ2) is 6.20. The van der Waals surface area contributed by atoms with Crippen molar-refractivity contribution in [3.8, 4) is 11.5 Å². The molecule has 0 bridgehead atoms. The van der Waals surface area contributed by atoms with Crippen molar-refractivity contribution >= 4 is 11.6 Å². The zero-order valence-electron chi connectivity index (χ0n) is 12.0. The minimum Gasteiger partial charge on any atom is -0.495 e. The second-order valence-electron chi connectivity index (χ2n) is 4.36. The van der Waals surface area contributed by atoms with Crippen LogP contribution in [0, 0.1) is 6.92 Å². The topological polar surface area (TPSA) is 43.6 Å².